The first-order valence-corrected chi connectivity index (χ1v) is 21.5. The number of aromatic hydroxyl groups is 2. The van der Waals surface area contributed by atoms with Gasteiger partial charge >= 0.3 is 0 Å². The van der Waals surface area contributed by atoms with Crippen LogP contribution >= 0.6 is 0 Å². The summed E-state index contributed by atoms with van der Waals surface area (Å²) in [6.07, 6.45) is 14.4. The van der Waals surface area contributed by atoms with Crippen molar-refractivity contribution in [2.75, 3.05) is 24.3 Å². The van der Waals surface area contributed by atoms with Gasteiger partial charge in [0.15, 0.2) is 23.0 Å². The van der Waals surface area contributed by atoms with Crippen LogP contribution in [0.15, 0.2) is 84.9 Å². The van der Waals surface area contributed by atoms with Gasteiger partial charge in [0.1, 0.15) is 23.0 Å². The van der Waals surface area contributed by atoms with Gasteiger partial charge < -0.3 is 40.2 Å². The Hall–Kier alpha value is -6.16. The zero-order valence-corrected chi connectivity index (χ0v) is 35.1. The van der Waals surface area contributed by atoms with Crippen LogP contribution in [0.5, 0.6) is 46.0 Å². The maximum atomic E-state index is 14.6. The first-order chi connectivity index (χ1) is 29.2. The van der Waals surface area contributed by atoms with Crippen molar-refractivity contribution in [3.8, 4) is 46.0 Å². The van der Waals surface area contributed by atoms with Crippen molar-refractivity contribution < 1.29 is 38.7 Å². The molecule has 1 aliphatic rings. The summed E-state index contributed by atoms with van der Waals surface area (Å²) in [4.78, 5) is 29.1. The van der Waals surface area contributed by atoms with Crippen molar-refractivity contribution in [3.05, 3.63) is 113 Å². The van der Waals surface area contributed by atoms with Crippen molar-refractivity contribution in [1.29, 1.82) is 0 Å². The smallest absolute Gasteiger partial charge is 0.200 e. The van der Waals surface area contributed by atoms with E-state index in [1.54, 1.807) is 48.5 Å². The number of fused-ring (bicyclic) bond motifs is 2. The molecule has 0 radical (unpaired) electrons. The summed E-state index contributed by atoms with van der Waals surface area (Å²) in [7, 11) is 0. The molecule has 0 fully saturated rings. The second kappa shape index (κ2) is 21.2. The minimum atomic E-state index is -0.751. The molecule has 0 saturated carbocycles. The molecule has 316 valence electrons. The molecule has 5 aromatic carbocycles. The van der Waals surface area contributed by atoms with Crippen LogP contribution in [0, 0.1) is 0 Å². The van der Waals surface area contributed by atoms with Gasteiger partial charge in [-0.3, -0.25) is 9.59 Å². The first-order valence-electron chi connectivity index (χ1n) is 21.5. The number of aryl methyl sites for hydroxylation is 1. The maximum Gasteiger partial charge on any atom is 0.200 e. The van der Waals surface area contributed by atoms with Gasteiger partial charge in [0.05, 0.1) is 41.2 Å². The number of nitrogen functional groups attached to an aromatic ring is 1. The van der Waals surface area contributed by atoms with E-state index in [1.165, 1.54) is 50.7 Å². The predicted molar refractivity (Wildman–Crippen MR) is 237 cm³/mol. The molecular formula is C50H58N2O8. The topological polar surface area (TPSA) is 150 Å². The van der Waals surface area contributed by atoms with Crippen molar-refractivity contribution >= 4 is 28.6 Å². The van der Waals surface area contributed by atoms with Crippen LogP contribution in [0.2, 0.25) is 0 Å². The highest BCUT2D eigenvalue weighted by molar-refractivity contribution is 6.34. The van der Waals surface area contributed by atoms with Gasteiger partial charge in [-0.1, -0.05) is 90.7 Å². The minimum absolute atomic E-state index is 0.0586. The van der Waals surface area contributed by atoms with Crippen molar-refractivity contribution in [1.82, 2.24) is 0 Å². The van der Waals surface area contributed by atoms with Crippen molar-refractivity contribution in [2.24, 2.45) is 0 Å². The zero-order chi connectivity index (χ0) is 42.4. The Labute approximate surface area is 353 Å². The Balaban J connectivity index is 1.28. The lowest BCUT2D eigenvalue weighted by atomic mass is 9.81. The Morgan fingerprint density at radius 3 is 1.48 bits per heavy atom. The fraction of sp³-hybridized carbons (Fsp3) is 0.360. The van der Waals surface area contributed by atoms with E-state index < -0.39 is 23.1 Å². The highest BCUT2D eigenvalue weighted by atomic mass is 16.5. The number of phenolic OH excluding ortho intramolecular Hbond substituents is 2. The average Bonchev–Trinajstić information content (AvgIpc) is 3.25. The normalized spacial score (nSPS) is 11.8. The Kier molecular flexibility index (Phi) is 15.3. The molecule has 5 N–H and O–H groups in total. The largest absolute Gasteiger partial charge is 0.504 e. The lowest BCUT2D eigenvalue weighted by Crippen LogP contribution is -2.24. The Morgan fingerprint density at radius 1 is 0.517 bits per heavy atom. The number of nitrogens with two attached hydrogens (primary N) is 1. The average molecular weight is 815 g/mol. The van der Waals surface area contributed by atoms with Crippen LogP contribution < -0.4 is 30.0 Å². The number of hydrogen-bond acceptors (Lipinski definition) is 10. The number of carbonyl (C=O) groups is 2. The summed E-state index contributed by atoms with van der Waals surface area (Å²) in [6.45, 7) is 7.73. The minimum Gasteiger partial charge on any atom is -0.504 e. The number of unbranched alkanes of at least 4 members (excludes halogenated alkanes) is 9. The highest BCUT2D eigenvalue weighted by Crippen LogP contribution is 2.50. The number of nitrogens with one attached hydrogen (secondary N) is 1. The van der Waals surface area contributed by atoms with E-state index in [2.05, 4.69) is 26.1 Å². The third-order valence-corrected chi connectivity index (χ3v) is 10.7. The summed E-state index contributed by atoms with van der Waals surface area (Å²) >= 11 is 0. The second-order valence-corrected chi connectivity index (χ2v) is 15.3. The number of ketones is 2. The maximum absolute atomic E-state index is 14.6. The van der Waals surface area contributed by atoms with Gasteiger partial charge in [0.25, 0.3) is 0 Å². The van der Waals surface area contributed by atoms with Gasteiger partial charge in [0, 0.05) is 23.5 Å². The van der Waals surface area contributed by atoms with E-state index in [1.807, 2.05) is 24.3 Å². The molecule has 10 nitrogen and oxygen atoms in total. The number of anilines is 3. The standard InChI is InChI=1S/C50H58N2O8/c1-4-7-10-12-14-29-57-35-21-25-37(26-22-35)59-41-31-39(51)43-45(47(41)53)50(56)44-40(52-34-19-17-33(18-20-34)16-9-6-3)32-42(48(54)46(44)49(43)55)60-38-27-23-36(24-28-38)58-30-15-13-11-8-5-2/h17-28,31-32,52-54H,4-16,29-30,51H2,1-3H3. The van der Waals surface area contributed by atoms with Gasteiger partial charge in [-0.05, 0) is 91.9 Å². The summed E-state index contributed by atoms with van der Waals surface area (Å²) in [5.41, 5.74) is 7.37. The number of ether oxygens (including phenoxy) is 4. The number of phenols is 2. The molecule has 0 amide bonds. The molecule has 0 atom stereocenters. The summed E-state index contributed by atoms with van der Waals surface area (Å²) in [6, 6.07) is 24.5. The summed E-state index contributed by atoms with van der Waals surface area (Å²) < 4.78 is 24.0. The zero-order valence-electron chi connectivity index (χ0n) is 35.1. The van der Waals surface area contributed by atoms with Gasteiger partial charge in [-0.2, -0.15) is 0 Å². The molecule has 60 heavy (non-hydrogen) atoms. The van der Waals surface area contributed by atoms with Crippen LogP contribution in [-0.4, -0.2) is 35.0 Å². The van der Waals surface area contributed by atoms with Crippen LogP contribution in [0.1, 0.15) is 135 Å². The molecule has 0 heterocycles. The highest BCUT2D eigenvalue weighted by Gasteiger charge is 2.40. The van der Waals surface area contributed by atoms with Crippen LogP contribution in [-0.2, 0) is 6.42 Å². The lowest BCUT2D eigenvalue weighted by Gasteiger charge is -2.25. The van der Waals surface area contributed by atoms with E-state index >= 15 is 0 Å². The molecule has 1 aliphatic carbocycles. The predicted octanol–water partition coefficient (Wildman–Crippen LogP) is 12.8. The van der Waals surface area contributed by atoms with Crippen molar-refractivity contribution in [2.45, 2.75) is 104 Å². The van der Waals surface area contributed by atoms with E-state index in [0.29, 0.717) is 41.9 Å². The van der Waals surface area contributed by atoms with E-state index in [4.69, 9.17) is 24.7 Å². The van der Waals surface area contributed by atoms with Crippen LogP contribution in [0.4, 0.5) is 17.1 Å². The van der Waals surface area contributed by atoms with Gasteiger partial charge in [-0.25, -0.2) is 0 Å². The molecule has 0 aromatic heterocycles. The molecular weight excluding hydrogens is 757 g/mol. The Morgan fingerprint density at radius 2 is 0.967 bits per heavy atom. The summed E-state index contributed by atoms with van der Waals surface area (Å²) in [5, 5.41) is 26.6. The monoisotopic (exact) mass is 814 g/mol. The lowest BCUT2D eigenvalue weighted by molar-refractivity contribution is 0.0974. The number of carbonyl (C=O) groups excluding carboxylic acids is 2. The van der Waals surface area contributed by atoms with E-state index in [-0.39, 0.29) is 45.1 Å². The molecule has 0 bridgehead atoms. The molecule has 5 aromatic rings. The molecule has 0 aliphatic heterocycles. The first kappa shape index (κ1) is 43.4. The Bertz CT molecular complexity index is 2220. The van der Waals surface area contributed by atoms with Crippen LogP contribution in [0.3, 0.4) is 0 Å². The SMILES string of the molecule is CCCCCCCOc1ccc(Oc2cc(N)c3c(c2O)C(=O)c2c(Nc4ccc(CCCC)cc4)cc(Oc4ccc(OCCCCCCC)cc4)c(O)c2C3=O)cc1. The second-order valence-electron chi connectivity index (χ2n) is 15.3. The fourth-order valence-electron chi connectivity index (χ4n) is 7.29. The third-order valence-electron chi connectivity index (χ3n) is 10.7. The van der Waals surface area contributed by atoms with Gasteiger partial charge in [0.2, 0.25) is 11.6 Å². The van der Waals surface area contributed by atoms with Gasteiger partial charge in [-0.15, -0.1) is 0 Å². The van der Waals surface area contributed by atoms with Crippen molar-refractivity contribution in [3.63, 3.8) is 0 Å². The van der Waals surface area contributed by atoms with Crippen LogP contribution in [0.25, 0.3) is 0 Å². The summed E-state index contributed by atoms with van der Waals surface area (Å²) in [5.74, 6) is -0.628. The molecule has 0 saturated heterocycles. The fourth-order valence-corrected chi connectivity index (χ4v) is 7.29. The molecule has 0 unspecified atom stereocenters. The molecule has 10 heteroatoms. The molecule has 6 rings (SSSR count). The number of hydrogen-bond donors (Lipinski definition) is 4. The van der Waals surface area contributed by atoms with E-state index in [9.17, 15) is 19.8 Å². The quantitative estimate of drug-likeness (QED) is 0.0280. The number of rotatable bonds is 23. The third kappa shape index (κ3) is 10.7. The molecule has 0 spiro atoms. The number of benzene rings is 5. The van der Waals surface area contributed by atoms with E-state index in [0.717, 1.165) is 50.5 Å².